The molecule has 13 aromatic carbocycles. The minimum Gasteiger partial charge on any atom is -0.247 e. The molecule has 16 aromatic rings. The van der Waals surface area contributed by atoms with Crippen molar-refractivity contribution in [1.29, 1.82) is 0 Å². The molecule has 3 nitrogen and oxygen atoms in total. The minimum absolute atomic E-state index is 1.05. The number of hydrogen-bond donors (Lipinski definition) is 0. The fourth-order valence-electron chi connectivity index (χ4n) is 11.9. The second kappa shape index (κ2) is 19.8. The molecule has 0 aliphatic heterocycles. The van der Waals surface area contributed by atoms with Crippen molar-refractivity contribution in [3.05, 3.63) is 284 Å². The molecule has 0 atom stereocenters. The standard InChI is InChI=1S/C30H21N.C24H17N.C22H15N/c1-20-11-17-26-28(19-20)31-30-25-10-6-5-9-23(25)16-18-27(30)29(26)24-14-12-22(13-15-24)21-7-3-2-4-8-21;1-16-11-13-20-22(15-16)25-24-19-10-6-5-7-17(19)12-14-21(24)23(20)18-8-3-2-4-9-18;1-14-17-12-10-15-6-2-4-8-19(15)21(17)23-22-18(14)13-11-16-7-3-5-9-20(16)22/h2-19H,1H3;2-15H,1H3;2-13H,1H3. The summed E-state index contributed by atoms with van der Waals surface area (Å²) in [6.45, 7) is 6.45. The number of aromatic nitrogens is 3. The molecular weight excluding hydrogens is 955 g/mol. The average Bonchev–Trinajstić information content (AvgIpc) is 3.61. The Morgan fingerprint density at radius 3 is 0.937 bits per heavy atom. The van der Waals surface area contributed by atoms with Crippen LogP contribution in [0.15, 0.2) is 267 Å². The monoisotopic (exact) mass is 1010 g/mol. The van der Waals surface area contributed by atoms with E-state index in [1.807, 2.05) is 0 Å². The SMILES string of the molecule is Cc1c2ccc3ccccc3c2nc2c1ccc1ccccc12.Cc1ccc2c(-c3ccc(-c4ccccc4)cc3)c3ccc4ccccc4c3nc2c1.Cc1ccc2c(-c3ccccc3)c3ccc4ccccc4c3nc2c1. The van der Waals surface area contributed by atoms with E-state index in [0.29, 0.717) is 0 Å². The highest BCUT2D eigenvalue weighted by atomic mass is 14.7. The van der Waals surface area contributed by atoms with Gasteiger partial charge in [0.1, 0.15) is 0 Å². The van der Waals surface area contributed by atoms with Gasteiger partial charge in [0.05, 0.1) is 33.1 Å². The number of aryl methyl sites for hydroxylation is 3. The average molecular weight is 1010 g/mol. The van der Waals surface area contributed by atoms with Gasteiger partial charge in [0, 0.05) is 65.0 Å². The van der Waals surface area contributed by atoms with Crippen molar-refractivity contribution >= 4 is 109 Å². The zero-order valence-electron chi connectivity index (χ0n) is 44.2. The van der Waals surface area contributed by atoms with E-state index >= 15 is 0 Å². The van der Waals surface area contributed by atoms with E-state index < -0.39 is 0 Å². The van der Waals surface area contributed by atoms with Crippen LogP contribution in [0.3, 0.4) is 0 Å². The molecule has 0 unspecified atom stereocenters. The van der Waals surface area contributed by atoms with Crippen molar-refractivity contribution < 1.29 is 0 Å². The van der Waals surface area contributed by atoms with Crippen LogP contribution < -0.4 is 0 Å². The summed E-state index contributed by atoms with van der Waals surface area (Å²) in [7, 11) is 0. The summed E-state index contributed by atoms with van der Waals surface area (Å²) in [6, 6.07) is 94.9. The molecule has 79 heavy (non-hydrogen) atoms. The van der Waals surface area contributed by atoms with Crippen LogP contribution in [0.1, 0.15) is 16.7 Å². The molecule has 16 rings (SSSR count). The quantitative estimate of drug-likeness (QED) is 0.131. The molecule has 3 aromatic heterocycles. The van der Waals surface area contributed by atoms with E-state index in [1.54, 1.807) is 0 Å². The van der Waals surface area contributed by atoms with Crippen LogP contribution in [0.4, 0.5) is 0 Å². The molecule has 0 aliphatic rings. The fourth-order valence-corrected chi connectivity index (χ4v) is 11.9. The predicted molar refractivity (Wildman–Crippen MR) is 338 cm³/mol. The van der Waals surface area contributed by atoms with Crippen LogP contribution in [0.2, 0.25) is 0 Å². The van der Waals surface area contributed by atoms with Gasteiger partial charge in [0.25, 0.3) is 0 Å². The Balaban J connectivity index is 0.000000109. The van der Waals surface area contributed by atoms with Crippen molar-refractivity contribution in [2.45, 2.75) is 20.8 Å². The van der Waals surface area contributed by atoms with E-state index in [1.165, 1.54) is 125 Å². The number of pyridine rings is 3. The largest absolute Gasteiger partial charge is 0.247 e. The van der Waals surface area contributed by atoms with Gasteiger partial charge >= 0.3 is 0 Å². The van der Waals surface area contributed by atoms with Crippen LogP contribution in [0.5, 0.6) is 0 Å². The molecule has 0 spiro atoms. The Morgan fingerprint density at radius 2 is 0.519 bits per heavy atom. The summed E-state index contributed by atoms with van der Waals surface area (Å²) in [4.78, 5) is 15.3. The second-order valence-corrected chi connectivity index (χ2v) is 20.8. The van der Waals surface area contributed by atoms with Crippen LogP contribution in [0.25, 0.3) is 142 Å². The normalized spacial score (nSPS) is 11.5. The van der Waals surface area contributed by atoms with Crippen molar-refractivity contribution in [3.63, 3.8) is 0 Å². The molecular formula is C76H53N3. The van der Waals surface area contributed by atoms with E-state index in [9.17, 15) is 0 Å². The Labute approximate surface area is 458 Å². The number of fused-ring (bicyclic) bond motifs is 14. The summed E-state index contributed by atoms with van der Waals surface area (Å²) in [5, 5.41) is 17.1. The second-order valence-electron chi connectivity index (χ2n) is 20.8. The maximum Gasteiger partial charge on any atom is 0.0794 e. The number of nitrogens with zero attached hydrogens (tertiary/aromatic N) is 3. The molecule has 0 aliphatic carbocycles. The molecule has 0 saturated heterocycles. The van der Waals surface area contributed by atoms with E-state index in [2.05, 4.69) is 288 Å². The molecule has 0 radical (unpaired) electrons. The van der Waals surface area contributed by atoms with Crippen molar-refractivity contribution in [2.75, 3.05) is 0 Å². The summed E-state index contributed by atoms with van der Waals surface area (Å²) < 4.78 is 0. The van der Waals surface area contributed by atoms with Crippen molar-refractivity contribution in [1.82, 2.24) is 15.0 Å². The van der Waals surface area contributed by atoms with Crippen LogP contribution in [-0.2, 0) is 0 Å². The zero-order chi connectivity index (χ0) is 53.0. The van der Waals surface area contributed by atoms with Gasteiger partial charge in [-0.05, 0) is 93.4 Å². The highest BCUT2D eigenvalue weighted by Crippen LogP contribution is 2.41. The first kappa shape index (κ1) is 47.4. The van der Waals surface area contributed by atoms with Gasteiger partial charge in [-0.1, -0.05) is 255 Å². The fraction of sp³-hybridized carbons (Fsp3) is 0.0395. The maximum atomic E-state index is 5.12. The molecule has 0 saturated carbocycles. The Hall–Kier alpha value is -10.1. The first-order valence-electron chi connectivity index (χ1n) is 27.2. The number of benzene rings is 13. The smallest absolute Gasteiger partial charge is 0.0794 e. The van der Waals surface area contributed by atoms with E-state index in [-0.39, 0.29) is 0 Å². The Morgan fingerprint density at radius 1 is 0.215 bits per heavy atom. The molecule has 3 heteroatoms. The van der Waals surface area contributed by atoms with Gasteiger partial charge in [-0.25, -0.2) is 15.0 Å². The summed E-state index contributed by atoms with van der Waals surface area (Å²) in [5.41, 5.74) is 17.7. The lowest BCUT2D eigenvalue weighted by molar-refractivity contribution is 1.45. The molecule has 0 bridgehead atoms. The van der Waals surface area contributed by atoms with E-state index in [4.69, 9.17) is 15.0 Å². The third kappa shape index (κ3) is 8.54. The molecule has 372 valence electrons. The lowest BCUT2D eigenvalue weighted by Gasteiger charge is -2.14. The van der Waals surface area contributed by atoms with Gasteiger partial charge in [0.15, 0.2) is 0 Å². The summed E-state index contributed by atoms with van der Waals surface area (Å²) >= 11 is 0. The highest BCUT2D eigenvalue weighted by Gasteiger charge is 2.16. The van der Waals surface area contributed by atoms with Gasteiger partial charge in [-0.15, -0.1) is 0 Å². The van der Waals surface area contributed by atoms with Crippen molar-refractivity contribution in [2.24, 2.45) is 0 Å². The molecule has 0 amide bonds. The Bertz CT molecular complexity index is 4930. The number of hydrogen-bond acceptors (Lipinski definition) is 3. The van der Waals surface area contributed by atoms with Gasteiger partial charge in [-0.2, -0.15) is 0 Å². The topological polar surface area (TPSA) is 38.7 Å². The third-order valence-electron chi connectivity index (χ3n) is 15.8. The Kier molecular flexibility index (Phi) is 11.9. The third-order valence-corrected chi connectivity index (χ3v) is 15.8. The maximum absolute atomic E-state index is 5.12. The minimum atomic E-state index is 1.05. The van der Waals surface area contributed by atoms with Gasteiger partial charge < -0.3 is 0 Å². The lowest BCUT2D eigenvalue weighted by Crippen LogP contribution is -1.91. The summed E-state index contributed by atoms with van der Waals surface area (Å²) in [6.07, 6.45) is 0. The van der Waals surface area contributed by atoms with E-state index in [0.717, 1.165) is 33.1 Å². The predicted octanol–water partition coefficient (Wildman–Crippen LogP) is 20.7. The van der Waals surface area contributed by atoms with Crippen LogP contribution in [-0.4, -0.2) is 15.0 Å². The van der Waals surface area contributed by atoms with Gasteiger partial charge in [-0.3, -0.25) is 0 Å². The zero-order valence-corrected chi connectivity index (χ0v) is 44.2. The van der Waals surface area contributed by atoms with Crippen LogP contribution >= 0.6 is 0 Å². The number of rotatable bonds is 3. The van der Waals surface area contributed by atoms with Gasteiger partial charge in [0.2, 0.25) is 0 Å². The highest BCUT2D eigenvalue weighted by molar-refractivity contribution is 6.19. The van der Waals surface area contributed by atoms with Crippen LogP contribution in [0, 0.1) is 20.8 Å². The first-order chi connectivity index (χ1) is 38.9. The molecule has 0 N–H and O–H groups in total. The molecule has 0 fully saturated rings. The lowest BCUT2D eigenvalue weighted by atomic mass is 9.92. The van der Waals surface area contributed by atoms with Crippen molar-refractivity contribution in [3.8, 4) is 33.4 Å². The molecule has 3 heterocycles. The summed E-state index contributed by atoms with van der Waals surface area (Å²) in [5.74, 6) is 0. The first-order valence-corrected chi connectivity index (χ1v) is 27.2.